The highest BCUT2D eigenvalue weighted by molar-refractivity contribution is 7.93. The molecule has 11 heteroatoms. The van der Waals surface area contributed by atoms with E-state index in [2.05, 4.69) is 18.8 Å². The number of aromatic nitrogens is 1. The summed E-state index contributed by atoms with van der Waals surface area (Å²) in [7, 11) is -3.52. The van der Waals surface area contributed by atoms with Crippen molar-refractivity contribution in [2.24, 2.45) is 0 Å². The molecule has 0 spiro atoms. The van der Waals surface area contributed by atoms with Gasteiger partial charge in [-0.3, -0.25) is 4.65 Å². The van der Waals surface area contributed by atoms with Gasteiger partial charge in [0, 0.05) is 6.54 Å². The number of quaternary nitrogens is 1. The standard InChI is InChI=1S/C30H47N3O6S2/c1-4-7-10-11-14-25-15-17-26(18-16-25)38-23-28(34)39-27-22-32(19-12-8-5-2)24-33(27,35)30-31-21-29(40-30)41(36,37)20-13-9-6-3/h15-18,21,27H,4-14,19-20,22-24H2,1-3H3. The van der Waals surface area contributed by atoms with Crippen LogP contribution in [0.3, 0.4) is 0 Å². The molecule has 0 aliphatic carbocycles. The topological polar surface area (TPSA) is 109 Å². The molecule has 2 aromatic rings. The summed E-state index contributed by atoms with van der Waals surface area (Å²) < 4.78 is 36.0. The monoisotopic (exact) mass is 609 g/mol. The maximum atomic E-state index is 14.2. The molecule has 1 aliphatic rings. The number of ether oxygens (including phenoxy) is 2. The van der Waals surface area contributed by atoms with Crippen molar-refractivity contribution in [2.75, 3.05) is 32.1 Å². The highest BCUT2D eigenvalue weighted by Gasteiger charge is 2.46. The lowest BCUT2D eigenvalue weighted by atomic mass is 10.1. The number of rotatable bonds is 19. The molecule has 0 bridgehead atoms. The fraction of sp³-hybridized carbons (Fsp3) is 0.667. The molecule has 0 radical (unpaired) electrons. The van der Waals surface area contributed by atoms with Crippen LogP contribution in [0.2, 0.25) is 0 Å². The van der Waals surface area contributed by atoms with E-state index in [0.29, 0.717) is 18.7 Å². The summed E-state index contributed by atoms with van der Waals surface area (Å²) in [5, 5.41) is 14.3. The highest BCUT2D eigenvalue weighted by Crippen LogP contribution is 2.37. The molecule has 41 heavy (non-hydrogen) atoms. The fourth-order valence-corrected chi connectivity index (χ4v) is 7.60. The van der Waals surface area contributed by atoms with Gasteiger partial charge in [-0.15, -0.1) is 0 Å². The fourth-order valence-electron chi connectivity index (χ4n) is 4.90. The molecule has 9 nitrogen and oxygen atoms in total. The zero-order valence-electron chi connectivity index (χ0n) is 24.9. The number of benzene rings is 1. The highest BCUT2D eigenvalue weighted by atomic mass is 32.2. The first-order valence-electron chi connectivity index (χ1n) is 15.1. The molecule has 1 saturated heterocycles. The maximum Gasteiger partial charge on any atom is 0.348 e. The predicted molar refractivity (Wildman–Crippen MR) is 164 cm³/mol. The van der Waals surface area contributed by atoms with Crippen LogP contribution in [0.4, 0.5) is 5.13 Å². The Hall–Kier alpha value is -2.05. The SMILES string of the molecule is CCCCCCc1ccc(OCC(=O)OC2CN(CCCCC)C[N+]2([O-])c2ncc(S(=O)(=O)CCCCC)s2)cc1. The number of esters is 1. The van der Waals surface area contributed by atoms with Crippen LogP contribution in [0.25, 0.3) is 0 Å². The Balaban J connectivity index is 1.64. The summed E-state index contributed by atoms with van der Waals surface area (Å²) in [6.07, 6.45) is 11.4. The number of hydrogen-bond acceptors (Lipinski definition) is 9. The third-order valence-electron chi connectivity index (χ3n) is 7.35. The average molecular weight is 610 g/mol. The first-order valence-corrected chi connectivity index (χ1v) is 17.6. The summed E-state index contributed by atoms with van der Waals surface area (Å²) in [4.78, 5) is 19.0. The van der Waals surface area contributed by atoms with Crippen molar-refractivity contribution in [3.8, 4) is 5.75 Å². The van der Waals surface area contributed by atoms with Gasteiger partial charge in [-0.1, -0.05) is 77.8 Å². The number of carbonyl (C=O) groups excluding carboxylic acids is 1. The van der Waals surface area contributed by atoms with E-state index in [4.69, 9.17) is 9.47 Å². The maximum absolute atomic E-state index is 14.2. The number of hydroxylamine groups is 2. The van der Waals surface area contributed by atoms with E-state index in [1.807, 2.05) is 36.1 Å². The smallest absolute Gasteiger partial charge is 0.348 e. The molecule has 2 atom stereocenters. The van der Waals surface area contributed by atoms with Gasteiger partial charge >= 0.3 is 5.97 Å². The van der Waals surface area contributed by atoms with E-state index in [0.717, 1.165) is 56.3 Å². The number of hydrogen-bond donors (Lipinski definition) is 0. The molecule has 2 unspecified atom stereocenters. The van der Waals surface area contributed by atoms with Crippen molar-refractivity contribution in [2.45, 2.75) is 102 Å². The number of aryl methyl sites for hydroxylation is 1. The van der Waals surface area contributed by atoms with Gasteiger partial charge < -0.3 is 14.7 Å². The van der Waals surface area contributed by atoms with Crippen LogP contribution in [0.5, 0.6) is 5.75 Å². The van der Waals surface area contributed by atoms with Crippen molar-refractivity contribution < 1.29 is 22.7 Å². The molecule has 1 aromatic carbocycles. The molecule has 1 fully saturated rings. The largest absolute Gasteiger partial charge is 0.622 e. The van der Waals surface area contributed by atoms with E-state index in [1.165, 1.54) is 31.0 Å². The van der Waals surface area contributed by atoms with Crippen LogP contribution >= 0.6 is 11.3 Å². The van der Waals surface area contributed by atoms with E-state index in [1.54, 1.807) is 0 Å². The van der Waals surface area contributed by atoms with Gasteiger partial charge in [0.05, 0.1) is 18.5 Å². The molecule has 230 valence electrons. The second-order valence-electron chi connectivity index (χ2n) is 10.9. The van der Waals surface area contributed by atoms with E-state index in [9.17, 15) is 18.4 Å². The van der Waals surface area contributed by atoms with Crippen molar-refractivity contribution in [1.29, 1.82) is 0 Å². The minimum atomic E-state index is -3.52. The van der Waals surface area contributed by atoms with E-state index in [-0.39, 0.29) is 34.9 Å². The average Bonchev–Trinajstić information content (AvgIpc) is 3.58. The molecule has 1 aromatic heterocycles. The number of unbranched alkanes of at least 4 members (excludes halogenated alkanes) is 7. The van der Waals surface area contributed by atoms with Crippen LogP contribution in [-0.2, 0) is 25.8 Å². The zero-order valence-corrected chi connectivity index (χ0v) is 26.5. The Morgan fingerprint density at radius 1 is 1.02 bits per heavy atom. The zero-order chi connectivity index (χ0) is 29.7. The summed E-state index contributed by atoms with van der Waals surface area (Å²) in [6, 6.07) is 7.71. The summed E-state index contributed by atoms with van der Waals surface area (Å²) in [6.45, 7) is 7.00. The molecule has 3 rings (SSSR count). The van der Waals surface area contributed by atoms with Gasteiger partial charge in [-0.2, -0.15) is 4.98 Å². The lowest BCUT2D eigenvalue weighted by Crippen LogP contribution is -2.51. The Bertz CT molecular complexity index is 1170. The number of carbonyl (C=O) groups is 1. The predicted octanol–water partition coefficient (Wildman–Crippen LogP) is 6.45. The summed E-state index contributed by atoms with van der Waals surface area (Å²) in [5.74, 6) is -0.0518. The second kappa shape index (κ2) is 16.6. The van der Waals surface area contributed by atoms with Crippen LogP contribution < -0.4 is 9.38 Å². The molecular formula is C30H47N3O6S2. The Morgan fingerprint density at radius 2 is 1.71 bits per heavy atom. The van der Waals surface area contributed by atoms with Crippen molar-refractivity contribution in [3.63, 3.8) is 0 Å². The van der Waals surface area contributed by atoms with Gasteiger partial charge in [0.1, 0.15) is 16.6 Å². The third-order valence-corrected chi connectivity index (χ3v) is 10.8. The van der Waals surface area contributed by atoms with Crippen molar-refractivity contribution >= 4 is 32.3 Å². The van der Waals surface area contributed by atoms with Gasteiger partial charge in [-0.25, -0.2) is 18.1 Å². The number of nitrogens with zero attached hydrogens (tertiary/aromatic N) is 3. The third kappa shape index (κ3) is 10.0. The first-order chi connectivity index (χ1) is 19.7. The number of sulfone groups is 1. The van der Waals surface area contributed by atoms with Crippen molar-refractivity contribution in [1.82, 2.24) is 14.5 Å². The minimum absolute atomic E-state index is 0.0278. The van der Waals surface area contributed by atoms with Gasteiger partial charge in [-0.05, 0) is 54.7 Å². The molecule has 0 amide bonds. The van der Waals surface area contributed by atoms with Crippen LogP contribution in [0, 0.1) is 5.21 Å². The summed E-state index contributed by atoms with van der Waals surface area (Å²) >= 11 is 0.886. The second-order valence-corrected chi connectivity index (χ2v) is 14.2. The Morgan fingerprint density at radius 3 is 2.41 bits per heavy atom. The van der Waals surface area contributed by atoms with Gasteiger partial charge in [0.2, 0.25) is 0 Å². The Kier molecular flexibility index (Phi) is 13.5. The van der Waals surface area contributed by atoms with Crippen LogP contribution in [0.15, 0.2) is 34.7 Å². The molecule has 0 saturated carbocycles. The van der Waals surface area contributed by atoms with Crippen molar-refractivity contribution in [3.05, 3.63) is 41.2 Å². The number of thiazole rings is 1. The van der Waals surface area contributed by atoms with E-state index < -0.39 is 26.7 Å². The van der Waals surface area contributed by atoms with Gasteiger partial charge in [0.15, 0.2) is 16.4 Å². The van der Waals surface area contributed by atoms with E-state index >= 15 is 0 Å². The normalized spacial score (nSPS) is 19.5. The minimum Gasteiger partial charge on any atom is -0.622 e. The lowest BCUT2D eigenvalue weighted by Gasteiger charge is -2.38. The van der Waals surface area contributed by atoms with Crippen LogP contribution in [0.1, 0.15) is 90.5 Å². The molecule has 0 N–H and O–H groups in total. The lowest BCUT2D eigenvalue weighted by molar-refractivity contribution is -0.155. The first kappa shape index (κ1) is 33.5. The quantitative estimate of drug-likeness (QED) is 0.0774. The Labute approximate surface area is 249 Å². The molecule has 1 aliphatic heterocycles. The molecule has 2 heterocycles. The summed E-state index contributed by atoms with van der Waals surface area (Å²) in [5.41, 5.74) is 1.23. The van der Waals surface area contributed by atoms with Crippen LogP contribution in [-0.4, -0.2) is 62.6 Å². The molecular weight excluding hydrogens is 562 g/mol. The van der Waals surface area contributed by atoms with Gasteiger partial charge in [0.25, 0.3) is 11.4 Å².